The van der Waals surface area contributed by atoms with E-state index in [1.165, 1.54) is 0 Å². The Bertz CT molecular complexity index is 497. The number of amides is 1. The number of ether oxygens (including phenoxy) is 1. The number of carbonyl (C=O) groups is 2. The van der Waals surface area contributed by atoms with Crippen LogP contribution in [0.4, 0.5) is 0 Å². The van der Waals surface area contributed by atoms with Gasteiger partial charge in [0.1, 0.15) is 0 Å². The van der Waals surface area contributed by atoms with Crippen molar-refractivity contribution in [3.8, 4) is 0 Å². The van der Waals surface area contributed by atoms with Crippen LogP contribution in [0, 0.1) is 0 Å². The van der Waals surface area contributed by atoms with Crippen molar-refractivity contribution >= 4 is 24.3 Å². The van der Waals surface area contributed by atoms with Crippen molar-refractivity contribution in [2.45, 2.75) is 26.5 Å². The summed E-state index contributed by atoms with van der Waals surface area (Å²) < 4.78 is 5.41. The maximum absolute atomic E-state index is 11.9. The van der Waals surface area contributed by atoms with Crippen LogP contribution in [-0.2, 0) is 27.5 Å². The predicted molar refractivity (Wildman–Crippen MR) is 90.6 cm³/mol. The molecular formula is C16H25ClN2O4. The van der Waals surface area contributed by atoms with E-state index < -0.39 is 5.97 Å². The molecule has 1 amide bonds. The van der Waals surface area contributed by atoms with Gasteiger partial charge in [-0.3, -0.25) is 14.5 Å². The Labute approximate surface area is 143 Å². The molecule has 0 spiro atoms. The predicted octanol–water partition coefficient (Wildman–Crippen LogP) is 1.67. The maximum Gasteiger partial charge on any atom is 0.304 e. The number of benzene rings is 1. The highest BCUT2D eigenvalue weighted by Gasteiger charge is 2.09. The highest BCUT2D eigenvalue weighted by atomic mass is 35.5. The molecule has 7 heteroatoms. The lowest BCUT2D eigenvalue weighted by Crippen LogP contribution is -2.35. The molecular weight excluding hydrogens is 320 g/mol. The van der Waals surface area contributed by atoms with E-state index in [0.29, 0.717) is 26.3 Å². The third kappa shape index (κ3) is 9.18. The monoisotopic (exact) mass is 344 g/mol. The molecule has 0 aliphatic heterocycles. The molecule has 0 bridgehead atoms. The fourth-order valence-corrected chi connectivity index (χ4v) is 1.94. The minimum atomic E-state index is -0.864. The molecule has 0 radical (unpaired) electrons. The molecule has 0 unspecified atom stereocenters. The third-order valence-corrected chi connectivity index (χ3v) is 3.18. The summed E-state index contributed by atoms with van der Waals surface area (Å²) in [5.41, 5.74) is 2.08. The highest BCUT2D eigenvalue weighted by molar-refractivity contribution is 5.85. The van der Waals surface area contributed by atoms with Crippen LogP contribution in [0.3, 0.4) is 0 Å². The summed E-state index contributed by atoms with van der Waals surface area (Å²) in [5.74, 6) is -0.990. The number of nitrogens with zero attached hydrogens (tertiary/aromatic N) is 1. The molecule has 23 heavy (non-hydrogen) atoms. The topological polar surface area (TPSA) is 78.9 Å². The largest absolute Gasteiger partial charge is 0.481 e. The Hall–Kier alpha value is -1.63. The average molecular weight is 345 g/mol. The summed E-state index contributed by atoms with van der Waals surface area (Å²) in [6.07, 6.45) is 0.0287. The number of hydrogen-bond acceptors (Lipinski definition) is 4. The summed E-state index contributed by atoms with van der Waals surface area (Å²) in [6.45, 7) is 4.09. The number of halogens is 1. The van der Waals surface area contributed by atoms with Crippen molar-refractivity contribution in [1.82, 2.24) is 10.2 Å². The summed E-state index contributed by atoms with van der Waals surface area (Å²) >= 11 is 0. The minimum Gasteiger partial charge on any atom is -0.481 e. The first-order chi connectivity index (χ1) is 10.5. The van der Waals surface area contributed by atoms with Gasteiger partial charge in [0.2, 0.25) is 5.91 Å². The standard InChI is InChI=1S/C16H24N2O4.ClH/c1-3-22-12-14-7-5-4-6-13(14)10-17-15(19)11-18(2)9-8-16(20)21;/h4-7H,3,8-12H2,1-2H3,(H,17,19)(H,20,21);1H. The van der Waals surface area contributed by atoms with Crippen molar-refractivity contribution in [1.29, 1.82) is 0 Å². The Kier molecular flexibility index (Phi) is 11.0. The molecule has 0 saturated carbocycles. The molecule has 0 fully saturated rings. The lowest BCUT2D eigenvalue weighted by molar-refractivity contribution is -0.137. The quantitative estimate of drug-likeness (QED) is 0.675. The zero-order chi connectivity index (χ0) is 16.4. The van der Waals surface area contributed by atoms with E-state index in [1.807, 2.05) is 31.2 Å². The fraction of sp³-hybridized carbons (Fsp3) is 0.500. The number of rotatable bonds is 10. The number of carboxylic acids is 1. The van der Waals surface area contributed by atoms with E-state index >= 15 is 0 Å². The molecule has 0 saturated heterocycles. The first-order valence-corrected chi connectivity index (χ1v) is 7.34. The molecule has 0 aromatic heterocycles. The van der Waals surface area contributed by atoms with Gasteiger partial charge in [0.15, 0.2) is 0 Å². The Morgan fingerprint density at radius 1 is 1.26 bits per heavy atom. The van der Waals surface area contributed by atoms with Gasteiger partial charge in [-0.15, -0.1) is 12.4 Å². The second-order valence-corrected chi connectivity index (χ2v) is 5.06. The fourth-order valence-electron chi connectivity index (χ4n) is 1.94. The lowest BCUT2D eigenvalue weighted by Gasteiger charge is -2.16. The van der Waals surface area contributed by atoms with E-state index in [1.54, 1.807) is 11.9 Å². The van der Waals surface area contributed by atoms with Gasteiger partial charge in [-0.25, -0.2) is 0 Å². The van der Waals surface area contributed by atoms with E-state index in [4.69, 9.17) is 9.84 Å². The summed E-state index contributed by atoms with van der Waals surface area (Å²) in [7, 11) is 1.73. The minimum absolute atomic E-state index is 0. The molecule has 1 rings (SSSR count). The second-order valence-electron chi connectivity index (χ2n) is 5.06. The Morgan fingerprint density at radius 2 is 1.91 bits per heavy atom. The average Bonchev–Trinajstić information content (AvgIpc) is 2.49. The zero-order valence-corrected chi connectivity index (χ0v) is 14.4. The van der Waals surface area contributed by atoms with Crippen molar-refractivity contribution in [3.05, 3.63) is 35.4 Å². The summed E-state index contributed by atoms with van der Waals surface area (Å²) in [4.78, 5) is 24.0. The van der Waals surface area contributed by atoms with Crippen LogP contribution in [0.1, 0.15) is 24.5 Å². The van der Waals surface area contributed by atoms with Gasteiger partial charge in [-0.05, 0) is 25.1 Å². The third-order valence-electron chi connectivity index (χ3n) is 3.18. The van der Waals surface area contributed by atoms with Crippen molar-refractivity contribution in [2.75, 3.05) is 26.7 Å². The van der Waals surface area contributed by atoms with E-state index in [9.17, 15) is 9.59 Å². The van der Waals surface area contributed by atoms with Crippen LogP contribution >= 0.6 is 12.4 Å². The van der Waals surface area contributed by atoms with Crippen LogP contribution in [0.2, 0.25) is 0 Å². The molecule has 130 valence electrons. The van der Waals surface area contributed by atoms with Crippen molar-refractivity contribution in [3.63, 3.8) is 0 Å². The first-order valence-electron chi connectivity index (χ1n) is 7.34. The summed E-state index contributed by atoms with van der Waals surface area (Å²) in [5, 5.41) is 11.5. The number of nitrogens with one attached hydrogen (secondary N) is 1. The summed E-state index contributed by atoms with van der Waals surface area (Å²) in [6, 6.07) is 7.81. The van der Waals surface area contributed by atoms with Crippen molar-refractivity contribution in [2.24, 2.45) is 0 Å². The van der Waals surface area contributed by atoms with Gasteiger partial charge < -0.3 is 15.2 Å². The number of carboxylic acid groups (broad SMARTS) is 1. The Morgan fingerprint density at radius 3 is 2.52 bits per heavy atom. The van der Waals surface area contributed by atoms with Crippen LogP contribution < -0.4 is 5.32 Å². The number of aliphatic carboxylic acids is 1. The van der Waals surface area contributed by atoms with Crippen LogP contribution in [-0.4, -0.2) is 48.6 Å². The SMILES string of the molecule is CCOCc1ccccc1CNC(=O)CN(C)CCC(=O)O.Cl. The maximum atomic E-state index is 11.9. The zero-order valence-electron chi connectivity index (χ0n) is 13.6. The molecule has 6 nitrogen and oxygen atoms in total. The Balaban J connectivity index is 0.00000484. The lowest BCUT2D eigenvalue weighted by atomic mass is 10.1. The van der Waals surface area contributed by atoms with Crippen LogP contribution in [0.5, 0.6) is 0 Å². The molecule has 1 aromatic carbocycles. The molecule has 2 N–H and O–H groups in total. The smallest absolute Gasteiger partial charge is 0.304 e. The van der Waals surface area contributed by atoms with Gasteiger partial charge in [-0.1, -0.05) is 24.3 Å². The number of hydrogen-bond donors (Lipinski definition) is 2. The number of likely N-dealkylation sites (N-methyl/N-ethyl adjacent to an activating group) is 1. The van der Waals surface area contributed by atoms with E-state index in [2.05, 4.69) is 5.32 Å². The van der Waals surface area contributed by atoms with Crippen LogP contribution in [0.25, 0.3) is 0 Å². The van der Waals surface area contributed by atoms with Gasteiger partial charge in [-0.2, -0.15) is 0 Å². The number of carbonyl (C=O) groups excluding carboxylic acids is 1. The van der Waals surface area contributed by atoms with E-state index in [0.717, 1.165) is 11.1 Å². The molecule has 0 aliphatic carbocycles. The van der Waals surface area contributed by atoms with Gasteiger partial charge in [0.05, 0.1) is 19.6 Å². The van der Waals surface area contributed by atoms with Gasteiger partial charge in [0, 0.05) is 19.7 Å². The molecule has 0 heterocycles. The first kappa shape index (κ1) is 21.4. The van der Waals surface area contributed by atoms with Crippen molar-refractivity contribution < 1.29 is 19.4 Å². The second kappa shape index (κ2) is 11.9. The molecule has 0 aliphatic rings. The molecule has 0 atom stereocenters. The van der Waals surface area contributed by atoms with E-state index in [-0.39, 0.29) is 31.3 Å². The van der Waals surface area contributed by atoms with Gasteiger partial charge in [0.25, 0.3) is 0 Å². The van der Waals surface area contributed by atoms with Gasteiger partial charge >= 0.3 is 5.97 Å². The highest BCUT2D eigenvalue weighted by Crippen LogP contribution is 2.09. The van der Waals surface area contributed by atoms with Crippen LogP contribution in [0.15, 0.2) is 24.3 Å². The molecule has 1 aromatic rings. The normalized spacial score (nSPS) is 10.2.